The van der Waals surface area contributed by atoms with Crippen LogP contribution >= 0.6 is 0 Å². The van der Waals surface area contributed by atoms with Crippen LogP contribution in [0.2, 0.25) is 0 Å². The zero-order valence-electron chi connectivity index (χ0n) is 15.8. The van der Waals surface area contributed by atoms with E-state index in [0.29, 0.717) is 31.1 Å². The zero-order valence-corrected chi connectivity index (χ0v) is 15.8. The van der Waals surface area contributed by atoms with Crippen molar-refractivity contribution in [2.75, 3.05) is 20.1 Å². The number of carbonyl (C=O) groups is 2. The Morgan fingerprint density at radius 2 is 1.85 bits per heavy atom. The molecule has 3 rings (SSSR count). The average Bonchev–Trinajstić information content (AvgIpc) is 2.72. The van der Waals surface area contributed by atoms with Crippen LogP contribution in [0.4, 0.5) is 0 Å². The number of ether oxygens (including phenoxy) is 1. The van der Waals surface area contributed by atoms with Crippen LogP contribution in [-0.2, 0) is 11.4 Å². The Morgan fingerprint density at radius 3 is 2.44 bits per heavy atom. The molecule has 0 spiro atoms. The maximum Gasteiger partial charge on any atom is 0.255 e. The van der Waals surface area contributed by atoms with Gasteiger partial charge < -0.3 is 14.5 Å². The first kappa shape index (κ1) is 18.9. The Balaban J connectivity index is 1.53. The molecule has 2 heterocycles. The largest absolute Gasteiger partial charge is 0.473 e. The van der Waals surface area contributed by atoms with Crippen LogP contribution in [0.3, 0.4) is 0 Å². The molecule has 6 heteroatoms. The van der Waals surface area contributed by atoms with E-state index in [1.807, 2.05) is 42.3 Å². The van der Waals surface area contributed by atoms with Crippen LogP contribution in [-0.4, -0.2) is 52.8 Å². The highest BCUT2D eigenvalue weighted by Gasteiger charge is 2.26. The molecular weight excluding hydrogens is 342 g/mol. The monoisotopic (exact) mass is 367 g/mol. The Kier molecular flexibility index (Phi) is 6.06. The number of aromatic nitrogens is 1. The Labute approximate surface area is 159 Å². The fraction of sp³-hybridized carbons (Fsp3) is 0.381. The van der Waals surface area contributed by atoms with Crippen LogP contribution in [0.5, 0.6) is 5.88 Å². The molecule has 0 radical (unpaired) electrons. The Bertz CT molecular complexity index is 769. The number of nitrogens with zero attached hydrogens (tertiary/aromatic N) is 3. The van der Waals surface area contributed by atoms with Crippen molar-refractivity contribution in [2.24, 2.45) is 0 Å². The van der Waals surface area contributed by atoms with Crippen molar-refractivity contribution in [3.05, 3.63) is 59.8 Å². The van der Waals surface area contributed by atoms with Gasteiger partial charge in [-0.2, -0.15) is 0 Å². The number of pyridine rings is 1. The molecule has 2 amide bonds. The van der Waals surface area contributed by atoms with Gasteiger partial charge in [-0.05, 0) is 24.5 Å². The summed E-state index contributed by atoms with van der Waals surface area (Å²) in [6, 6.07) is 13.6. The van der Waals surface area contributed by atoms with Crippen molar-refractivity contribution < 1.29 is 14.3 Å². The molecule has 142 valence electrons. The van der Waals surface area contributed by atoms with E-state index in [9.17, 15) is 9.59 Å². The molecule has 1 aromatic carbocycles. The molecule has 0 bridgehead atoms. The number of benzene rings is 1. The topological polar surface area (TPSA) is 62.7 Å². The minimum absolute atomic E-state index is 0.0268. The summed E-state index contributed by atoms with van der Waals surface area (Å²) in [5.74, 6) is 0.535. The van der Waals surface area contributed by atoms with Crippen LogP contribution in [0.1, 0.15) is 35.7 Å². The molecule has 0 unspecified atom stereocenters. The van der Waals surface area contributed by atoms with Crippen LogP contribution in [0.15, 0.2) is 48.7 Å². The molecule has 2 aromatic rings. The van der Waals surface area contributed by atoms with Crippen molar-refractivity contribution in [2.45, 2.75) is 32.4 Å². The van der Waals surface area contributed by atoms with E-state index in [1.165, 1.54) is 0 Å². The van der Waals surface area contributed by atoms with Gasteiger partial charge in [0, 0.05) is 45.4 Å². The molecule has 0 atom stereocenters. The van der Waals surface area contributed by atoms with E-state index in [1.54, 1.807) is 30.2 Å². The lowest BCUT2D eigenvalue weighted by atomic mass is 10.0. The van der Waals surface area contributed by atoms with Crippen molar-refractivity contribution in [3.63, 3.8) is 0 Å². The van der Waals surface area contributed by atoms with Gasteiger partial charge in [-0.3, -0.25) is 9.59 Å². The van der Waals surface area contributed by atoms with Gasteiger partial charge in [0.05, 0.1) is 5.56 Å². The van der Waals surface area contributed by atoms with Crippen molar-refractivity contribution in [1.29, 1.82) is 0 Å². The number of hydrogen-bond donors (Lipinski definition) is 0. The Morgan fingerprint density at radius 1 is 1.15 bits per heavy atom. The van der Waals surface area contributed by atoms with E-state index < -0.39 is 0 Å². The lowest BCUT2D eigenvalue weighted by Gasteiger charge is -2.36. The van der Waals surface area contributed by atoms with Crippen molar-refractivity contribution >= 4 is 11.8 Å². The standard InChI is InChI=1S/C21H25N3O3/c1-16(25)23(2)19-10-12-24(13-11-19)21(26)18-8-9-20(22-14-18)27-15-17-6-4-3-5-7-17/h3-9,14,19H,10-13,15H2,1-2H3. The number of piperidine rings is 1. The minimum Gasteiger partial charge on any atom is -0.473 e. The average molecular weight is 367 g/mol. The molecule has 1 fully saturated rings. The van der Waals surface area contributed by atoms with Gasteiger partial charge in [-0.15, -0.1) is 0 Å². The van der Waals surface area contributed by atoms with Crippen molar-refractivity contribution in [3.8, 4) is 5.88 Å². The zero-order chi connectivity index (χ0) is 19.2. The first-order valence-corrected chi connectivity index (χ1v) is 9.20. The van der Waals surface area contributed by atoms with Gasteiger partial charge in [-0.25, -0.2) is 4.98 Å². The second-order valence-corrected chi connectivity index (χ2v) is 6.81. The molecule has 1 saturated heterocycles. The summed E-state index contributed by atoms with van der Waals surface area (Å²) in [7, 11) is 1.82. The molecule has 0 saturated carbocycles. The molecule has 6 nitrogen and oxygen atoms in total. The van der Waals surface area contributed by atoms with Crippen molar-refractivity contribution in [1.82, 2.24) is 14.8 Å². The van der Waals surface area contributed by atoms with Crippen LogP contribution in [0, 0.1) is 0 Å². The first-order valence-electron chi connectivity index (χ1n) is 9.20. The van der Waals surface area contributed by atoms with Crippen LogP contribution < -0.4 is 4.74 Å². The predicted octanol–water partition coefficient (Wildman–Crippen LogP) is 2.74. The summed E-state index contributed by atoms with van der Waals surface area (Å²) in [4.78, 5) is 32.0. The van der Waals surface area contributed by atoms with Gasteiger partial charge in [0.2, 0.25) is 11.8 Å². The number of likely N-dealkylation sites (tertiary alicyclic amines) is 1. The van der Waals surface area contributed by atoms with E-state index in [-0.39, 0.29) is 17.9 Å². The predicted molar refractivity (Wildman–Crippen MR) is 102 cm³/mol. The molecule has 0 N–H and O–H groups in total. The highest BCUT2D eigenvalue weighted by Crippen LogP contribution is 2.18. The normalized spacial score (nSPS) is 14.7. The molecular formula is C21H25N3O3. The summed E-state index contributed by atoms with van der Waals surface area (Å²) in [5, 5.41) is 0. The summed E-state index contributed by atoms with van der Waals surface area (Å²) >= 11 is 0. The summed E-state index contributed by atoms with van der Waals surface area (Å²) in [6.07, 6.45) is 3.16. The molecule has 1 aliphatic heterocycles. The Hall–Kier alpha value is -2.89. The highest BCUT2D eigenvalue weighted by atomic mass is 16.5. The number of amides is 2. The first-order chi connectivity index (χ1) is 13.0. The van der Waals surface area contributed by atoms with Gasteiger partial charge in [-0.1, -0.05) is 30.3 Å². The van der Waals surface area contributed by atoms with Crippen LogP contribution in [0.25, 0.3) is 0 Å². The van der Waals surface area contributed by atoms with Gasteiger partial charge >= 0.3 is 0 Å². The number of hydrogen-bond acceptors (Lipinski definition) is 4. The van der Waals surface area contributed by atoms with Gasteiger partial charge in [0.15, 0.2) is 0 Å². The lowest BCUT2D eigenvalue weighted by molar-refractivity contribution is -0.130. The smallest absolute Gasteiger partial charge is 0.255 e. The van der Waals surface area contributed by atoms with E-state index in [2.05, 4.69) is 4.98 Å². The fourth-order valence-corrected chi connectivity index (χ4v) is 3.22. The fourth-order valence-electron chi connectivity index (χ4n) is 3.22. The summed E-state index contributed by atoms with van der Waals surface area (Å²) in [5.41, 5.74) is 1.62. The van der Waals surface area contributed by atoms with Gasteiger partial charge in [0.25, 0.3) is 5.91 Å². The second kappa shape index (κ2) is 8.66. The second-order valence-electron chi connectivity index (χ2n) is 6.81. The quantitative estimate of drug-likeness (QED) is 0.815. The highest BCUT2D eigenvalue weighted by molar-refractivity contribution is 5.94. The van der Waals surface area contributed by atoms with Gasteiger partial charge in [0.1, 0.15) is 6.61 Å². The molecule has 1 aromatic heterocycles. The third-order valence-corrected chi connectivity index (χ3v) is 5.01. The lowest BCUT2D eigenvalue weighted by Crippen LogP contribution is -2.46. The van der Waals surface area contributed by atoms with E-state index >= 15 is 0 Å². The summed E-state index contributed by atoms with van der Waals surface area (Å²) in [6.45, 7) is 3.31. The third kappa shape index (κ3) is 4.84. The minimum atomic E-state index is -0.0268. The maximum absolute atomic E-state index is 12.7. The maximum atomic E-state index is 12.7. The third-order valence-electron chi connectivity index (χ3n) is 5.01. The SMILES string of the molecule is CC(=O)N(C)C1CCN(C(=O)c2ccc(OCc3ccccc3)nc2)CC1. The number of carbonyl (C=O) groups excluding carboxylic acids is 2. The summed E-state index contributed by atoms with van der Waals surface area (Å²) < 4.78 is 5.66. The molecule has 27 heavy (non-hydrogen) atoms. The van der Waals surface area contributed by atoms with E-state index in [4.69, 9.17) is 4.74 Å². The van der Waals surface area contributed by atoms with E-state index in [0.717, 1.165) is 18.4 Å². The molecule has 1 aliphatic rings. The number of rotatable bonds is 5. The molecule has 0 aliphatic carbocycles.